The van der Waals surface area contributed by atoms with Crippen LogP contribution in [-0.4, -0.2) is 145 Å². The monoisotopic (exact) mass is 1620 g/mol. The molecule has 0 atom stereocenters. The molecule has 0 saturated carbocycles. The molecule has 10 rings (SSSR count). The maximum absolute atomic E-state index is 11.8. The highest BCUT2D eigenvalue weighted by atomic mass is 127. The lowest BCUT2D eigenvalue weighted by molar-refractivity contribution is 0.00578. The first-order valence-electron chi connectivity index (χ1n) is 31.2. The Kier molecular flexibility index (Phi) is 26.4. The summed E-state index contributed by atoms with van der Waals surface area (Å²) in [5.41, 5.74) is 5.18. The standard InChI is InChI=1S/C21H28BNO4S.C15H16BrNO2S.C14H22BNO3S.C12H24B2O4.C7H6BrIO/c1-20(2)21(3,4)27-22(26-20)18-13-10-16(14-19(18)25-5)15-8-11-17(12-9-15)23-28(6,7)24;1-19-15-10-12(6-9-14(15)16)11-4-7-13(8-5-11)17-20(2,3)18;1-13(2)14(3,4)19-15(18-13)11-7-9-12(10-8-11)16-20(5,6)17;1-9(2)10(3,4)16-13(15-9)14-17-11(5,6)12(7,8)18-14;1-10-7-4-5(9)2-3-6(7)8/h8-14H,1-7H3;4-10H,1-3H3;7-10H,1-6H3;1-8H3;2-4H,1H3. The van der Waals surface area contributed by atoms with Gasteiger partial charge in [0.1, 0.15) is 17.2 Å². The molecule has 17 nitrogen and oxygen atoms in total. The molecule has 4 aliphatic rings. The Balaban J connectivity index is 0.000000195. The van der Waals surface area contributed by atoms with E-state index in [0.29, 0.717) is 11.4 Å². The summed E-state index contributed by atoms with van der Waals surface area (Å²) in [6.45, 7) is 32.5. The highest BCUT2D eigenvalue weighted by molar-refractivity contribution is 14.1. The molecule has 0 spiro atoms. The van der Waals surface area contributed by atoms with Gasteiger partial charge in [-0.05, 0) is 266 Å². The van der Waals surface area contributed by atoms with Gasteiger partial charge in [-0.2, -0.15) is 13.1 Å². The Morgan fingerprint density at radius 1 is 0.354 bits per heavy atom. The van der Waals surface area contributed by atoms with E-state index in [0.717, 1.165) is 65.1 Å². The van der Waals surface area contributed by atoms with Crippen LogP contribution < -0.4 is 25.1 Å². The van der Waals surface area contributed by atoms with E-state index in [1.807, 2.05) is 238 Å². The molecule has 522 valence electrons. The van der Waals surface area contributed by atoms with Crippen LogP contribution in [0.2, 0.25) is 0 Å². The predicted molar refractivity (Wildman–Crippen MR) is 414 cm³/mol. The van der Waals surface area contributed by atoms with E-state index in [4.69, 9.17) is 51.4 Å². The fraction of sp³-hybridized carbons (Fsp3) is 0.478. The molecule has 0 unspecified atom stereocenters. The second-order valence-electron chi connectivity index (χ2n) is 28.5. The number of hydrogen-bond donors (Lipinski definition) is 0. The summed E-state index contributed by atoms with van der Waals surface area (Å²) < 4.78 is 115. The molecule has 27 heteroatoms. The molecule has 4 aliphatic heterocycles. The number of nitrogens with zero attached hydrogens (tertiary/aromatic N) is 3. The first-order chi connectivity index (χ1) is 43.9. The Morgan fingerprint density at radius 3 is 0.948 bits per heavy atom. The molecule has 4 fully saturated rings. The van der Waals surface area contributed by atoms with Crippen LogP contribution in [-0.2, 0) is 66.4 Å². The average molecular weight is 1620 g/mol. The maximum atomic E-state index is 11.8. The average Bonchev–Trinajstić information content (AvgIpc) is 1.60. The van der Waals surface area contributed by atoms with Gasteiger partial charge in [0.05, 0.1) is 92.1 Å². The highest BCUT2D eigenvalue weighted by Crippen LogP contribution is 2.44. The Labute approximate surface area is 605 Å². The first kappa shape index (κ1) is 81.2. The van der Waals surface area contributed by atoms with Gasteiger partial charge in [-0.25, -0.2) is 12.6 Å². The molecule has 0 bridgehead atoms. The zero-order valence-corrected chi connectivity index (χ0v) is 68.1. The van der Waals surface area contributed by atoms with Crippen molar-refractivity contribution in [2.45, 2.75) is 156 Å². The van der Waals surface area contributed by atoms with Gasteiger partial charge in [-0.1, -0.05) is 54.6 Å². The minimum absolute atomic E-state index is 0.345. The summed E-state index contributed by atoms with van der Waals surface area (Å²) >= 11 is 9.04. The van der Waals surface area contributed by atoms with E-state index in [1.54, 1.807) is 58.9 Å². The molecule has 4 heterocycles. The Hall–Kier alpha value is -3.80. The van der Waals surface area contributed by atoms with Crippen LogP contribution in [0.3, 0.4) is 0 Å². The van der Waals surface area contributed by atoms with Crippen LogP contribution in [0, 0.1) is 3.57 Å². The minimum Gasteiger partial charge on any atom is -0.497 e. The van der Waals surface area contributed by atoms with E-state index in [-0.39, 0.29) is 40.7 Å². The SMILES string of the molecule is CC1(C)OB(B2OC(C)(C)C(C)(C)O2)OC1(C)C.CC1(C)OB(c2ccc(N=S(C)(C)=O)cc2)OC1(C)C.COc1cc(-c2ccc(N=S(C)(C)=O)cc2)ccc1B1OC(C)(C)C(C)(C)O1.COc1cc(-c2ccc(N=S(C)(C)=O)cc2)ccc1Br.COc1cc(I)ccc1Br. The van der Waals surface area contributed by atoms with Gasteiger partial charge in [-0.3, -0.25) is 0 Å². The van der Waals surface area contributed by atoms with Gasteiger partial charge in [0.25, 0.3) is 0 Å². The molecular formula is C69H96B4Br2IN3O14S3. The van der Waals surface area contributed by atoms with Crippen LogP contribution in [0.5, 0.6) is 17.2 Å². The third-order valence-corrected chi connectivity index (χ3v) is 21.5. The van der Waals surface area contributed by atoms with Gasteiger partial charge in [0.15, 0.2) is 0 Å². The van der Waals surface area contributed by atoms with Gasteiger partial charge >= 0.3 is 28.3 Å². The minimum atomic E-state index is -2.17. The maximum Gasteiger partial charge on any atom is 0.498 e. The van der Waals surface area contributed by atoms with Crippen molar-refractivity contribution in [3.63, 3.8) is 0 Å². The van der Waals surface area contributed by atoms with Crippen molar-refractivity contribution < 1.29 is 64.1 Å². The summed E-state index contributed by atoms with van der Waals surface area (Å²) in [6.07, 6.45) is 9.74. The fourth-order valence-corrected chi connectivity index (χ4v) is 12.6. The summed E-state index contributed by atoms with van der Waals surface area (Å²) in [5, 5.41) is 0. The van der Waals surface area contributed by atoms with Crippen molar-refractivity contribution >= 4 is 140 Å². The largest absolute Gasteiger partial charge is 0.498 e. The van der Waals surface area contributed by atoms with Gasteiger partial charge < -0.3 is 51.4 Å². The zero-order chi connectivity index (χ0) is 72.2. The molecule has 96 heavy (non-hydrogen) atoms. The second-order valence-corrected chi connectivity index (χ2v) is 39.1. The van der Waals surface area contributed by atoms with Crippen molar-refractivity contribution in [3.05, 3.63) is 140 Å². The lowest BCUT2D eigenvalue weighted by atomic mass is 9.49. The number of hydrogen-bond acceptors (Lipinski definition) is 17. The summed E-state index contributed by atoms with van der Waals surface area (Å²) in [4.78, 5) is 0. The lowest BCUT2D eigenvalue weighted by Gasteiger charge is -2.32. The fourth-order valence-electron chi connectivity index (χ4n) is 9.39. The normalized spacial score (nSPS) is 19.0. The van der Waals surface area contributed by atoms with Crippen molar-refractivity contribution in [2.24, 2.45) is 13.1 Å². The number of benzene rings is 6. The molecule has 0 aromatic heterocycles. The Bertz CT molecular complexity index is 3980. The third kappa shape index (κ3) is 21.6. The molecular weight excluding hydrogens is 1520 g/mol. The van der Waals surface area contributed by atoms with Crippen molar-refractivity contribution in [3.8, 4) is 39.5 Å². The van der Waals surface area contributed by atoms with E-state index in [2.05, 4.69) is 67.5 Å². The summed E-state index contributed by atoms with van der Waals surface area (Å²) in [6, 6.07) is 40.8. The van der Waals surface area contributed by atoms with Gasteiger partial charge in [0.2, 0.25) is 0 Å². The predicted octanol–water partition coefficient (Wildman–Crippen LogP) is 16.2. The third-order valence-electron chi connectivity index (χ3n) is 17.6. The number of ether oxygens (including phenoxy) is 3. The van der Waals surface area contributed by atoms with Crippen LogP contribution in [0.1, 0.15) is 111 Å². The first-order valence-corrected chi connectivity index (χ1v) is 40.8. The van der Waals surface area contributed by atoms with Crippen LogP contribution in [0.4, 0.5) is 17.1 Å². The number of methoxy groups -OCH3 is 3. The quantitative estimate of drug-likeness (QED) is 0.0879. The molecule has 6 aromatic rings. The molecule has 0 N–H and O–H groups in total. The van der Waals surface area contributed by atoms with Crippen LogP contribution in [0.25, 0.3) is 22.3 Å². The molecule has 6 aromatic carbocycles. The molecule has 0 amide bonds. The van der Waals surface area contributed by atoms with Crippen molar-refractivity contribution in [1.82, 2.24) is 0 Å². The Morgan fingerprint density at radius 2 is 0.625 bits per heavy atom. The van der Waals surface area contributed by atoms with Crippen LogP contribution >= 0.6 is 54.5 Å². The lowest BCUT2D eigenvalue weighted by Crippen LogP contribution is -2.41. The molecule has 4 saturated heterocycles. The smallest absolute Gasteiger partial charge is 0.497 e. The van der Waals surface area contributed by atoms with Gasteiger partial charge in [0, 0.05) is 75.8 Å². The molecule has 0 aliphatic carbocycles. The van der Waals surface area contributed by atoms with Crippen molar-refractivity contribution in [1.29, 1.82) is 0 Å². The molecule has 0 radical (unpaired) electrons. The van der Waals surface area contributed by atoms with Gasteiger partial charge in [-0.15, -0.1) is 0 Å². The number of halogens is 3. The van der Waals surface area contributed by atoms with E-state index in [9.17, 15) is 12.6 Å². The zero-order valence-electron chi connectivity index (χ0n) is 60.3. The van der Waals surface area contributed by atoms with Crippen LogP contribution in [0.15, 0.2) is 149 Å². The summed E-state index contributed by atoms with van der Waals surface area (Å²) in [5.74, 6) is 2.39. The van der Waals surface area contributed by atoms with Crippen molar-refractivity contribution in [2.75, 3.05) is 58.9 Å². The number of rotatable bonds is 11. The van der Waals surface area contributed by atoms with E-state index < -0.39 is 61.5 Å². The van der Waals surface area contributed by atoms with E-state index >= 15 is 0 Å². The highest BCUT2D eigenvalue weighted by Gasteiger charge is 2.64. The summed E-state index contributed by atoms with van der Waals surface area (Å²) in [7, 11) is -3.27. The topological polar surface area (TPSA) is 190 Å². The second kappa shape index (κ2) is 31.2. The van der Waals surface area contributed by atoms with E-state index in [1.165, 1.54) is 3.57 Å².